The van der Waals surface area contributed by atoms with Gasteiger partial charge in [-0.15, -0.1) is 0 Å². The summed E-state index contributed by atoms with van der Waals surface area (Å²) in [6.45, 7) is 4.34. The third-order valence-electron chi connectivity index (χ3n) is 2.88. The van der Waals surface area contributed by atoms with Gasteiger partial charge in [-0.1, -0.05) is 6.07 Å². The Morgan fingerprint density at radius 2 is 1.72 bits per heavy atom. The molecule has 1 saturated heterocycles. The lowest BCUT2D eigenvalue weighted by Gasteiger charge is -2.35. The largest absolute Gasteiger partial charge is 0.372 e. The Bertz CT molecular complexity index is 434. The minimum Gasteiger partial charge on any atom is -0.372 e. The summed E-state index contributed by atoms with van der Waals surface area (Å²) in [4.78, 5) is 13.6. The van der Waals surface area contributed by atoms with E-state index in [2.05, 4.69) is 0 Å². The number of hydrogen-bond acceptors (Lipinski definition) is 2. The van der Waals surface area contributed by atoms with Crippen molar-refractivity contribution in [2.75, 3.05) is 13.1 Å². The normalized spacial score (nSPS) is 24.1. The van der Waals surface area contributed by atoms with E-state index < -0.39 is 23.1 Å². The standard InChI is InChI=1S/C13H15F2NO2/c1-8-6-16(7-9(2)18-8)13(17)12-10(14)4-3-5-11(12)15/h3-5,8-9H,6-7H2,1-2H3/t8-,9+. The van der Waals surface area contributed by atoms with Crippen LogP contribution in [0, 0.1) is 11.6 Å². The summed E-state index contributed by atoms with van der Waals surface area (Å²) in [7, 11) is 0. The Hall–Kier alpha value is -1.49. The maximum Gasteiger partial charge on any atom is 0.260 e. The lowest BCUT2D eigenvalue weighted by Crippen LogP contribution is -2.48. The van der Waals surface area contributed by atoms with Crippen molar-refractivity contribution in [3.63, 3.8) is 0 Å². The van der Waals surface area contributed by atoms with Crippen LogP contribution in [0.4, 0.5) is 8.78 Å². The van der Waals surface area contributed by atoms with Crippen LogP contribution in [-0.2, 0) is 4.74 Å². The molecular weight excluding hydrogens is 240 g/mol. The van der Waals surface area contributed by atoms with E-state index in [0.29, 0.717) is 13.1 Å². The van der Waals surface area contributed by atoms with Crippen LogP contribution in [0.2, 0.25) is 0 Å². The number of rotatable bonds is 1. The van der Waals surface area contributed by atoms with E-state index in [-0.39, 0.29) is 12.2 Å². The topological polar surface area (TPSA) is 29.5 Å². The van der Waals surface area contributed by atoms with Crippen LogP contribution < -0.4 is 0 Å². The Balaban J connectivity index is 2.26. The van der Waals surface area contributed by atoms with E-state index in [1.165, 1.54) is 11.0 Å². The van der Waals surface area contributed by atoms with E-state index in [1.807, 2.05) is 13.8 Å². The van der Waals surface area contributed by atoms with Gasteiger partial charge in [0.05, 0.1) is 12.2 Å². The van der Waals surface area contributed by atoms with Gasteiger partial charge in [0.2, 0.25) is 0 Å². The summed E-state index contributed by atoms with van der Waals surface area (Å²) in [6.07, 6.45) is -0.264. The molecule has 1 amide bonds. The molecule has 2 rings (SSSR count). The molecule has 0 unspecified atom stereocenters. The Labute approximate surface area is 104 Å². The highest BCUT2D eigenvalue weighted by atomic mass is 19.1. The fourth-order valence-corrected chi connectivity index (χ4v) is 2.20. The molecule has 1 heterocycles. The maximum atomic E-state index is 13.5. The van der Waals surface area contributed by atoms with E-state index >= 15 is 0 Å². The van der Waals surface area contributed by atoms with Crippen LogP contribution in [0.1, 0.15) is 24.2 Å². The molecule has 1 aromatic carbocycles. The summed E-state index contributed by atoms with van der Waals surface area (Å²) in [5.74, 6) is -2.27. The molecule has 18 heavy (non-hydrogen) atoms. The van der Waals surface area contributed by atoms with Gasteiger partial charge in [-0.2, -0.15) is 0 Å². The van der Waals surface area contributed by atoms with Gasteiger partial charge in [0.15, 0.2) is 0 Å². The van der Waals surface area contributed by atoms with Crippen molar-refractivity contribution >= 4 is 5.91 Å². The molecule has 98 valence electrons. The van der Waals surface area contributed by atoms with Gasteiger partial charge < -0.3 is 9.64 Å². The first-order chi connectivity index (χ1) is 8.49. The number of morpholine rings is 1. The Morgan fingerprint density at radius 1 is 1.22 bits per heavy atom. The van der Waals surface area contributed by atoms with Crippen LogP contribution >= 0.6 is 0 Å². The van der Waals surface area contributed by atoms with E-state index in [4.69, 9.17) is 4.74 Å². The first-order valence-electron chi connectivity index (χ1n) is 5.87. The molecule has 0 bridgehead atoms. The second-order valence-electron chi connectivity index (χ2n) is 4.56. The Morgan fingerprint density at radius 3 is 2.22 bits per heavy atom. The highest BCUT2D eigenvalue weighted by Crippen LogP contribution is 2.18. The second-order valence-corrected chi connectivity index (χ2v) is 4.56. The van der Waals surface area contributed by atoms with Crippen LogP contribution in [0.3, 0.4) is 0 Å². The molecular formula is C13H15F2NO2. The van der Waals surface area contributed by atoms with Crippen molar-refractivity contribution in [3.8, 4) is 0 Å². The van der Waals surface area contributed by atoms with Crippen molar-refractivity contribution in [2.24, 2.45) is 0 Å². The quantitative estimate of drug-likeness (QED) is 0.770. The smallest absolute Gasteiger partial charge is 0.260 e. The molecule has 0 aromatic heterocycles. The van der Waals surface area contributed by atoms with Crippen LogP contribution in [0.15, 0.2) is 18.2 Å². The zero-order valence-electron chi connectivity index (χ0n) is 10.3. The second kappa shape index (κ2) is 5.02. The summed E-state index contributed by atoms with van der Waals surface area (Å²) in [5.41, 5.74) is -0.487. The van der Waals surface area contributed by atoms with Crippen LogP contribution in [0.25, 0.3) is 0 Å². The molecule has 0 aliphatic carbocycles. The molecule has 1 aliphatic heterocycles. The molecule has 0 spiro atoms. The van der Waals surface area contributed by atoms with Gasteiger partial charge >= 0.3 is 0 Å². The van der Waals surface area contributed by atoms with Gasteiger partial charge in [0, 0.05) is 13.1 Å². The highest BCUT2D eigenvalue weighted by molar-refractivity contribution is 5.94. The molecule has 1 aromatic rings. The summed E-state index contributed by atoms with van der Waals surface area (Å²) in [6, 6.07) is 3.42. The van der Waals surface area contributed by atoms with Crippen molar-refractivity contribution in [1.29, 1.82) is 0 Å². The number of carbonyl (C=O) groups excluding carboxylic acids is 1. The van der Waals surface area contributed by atoms with E-state index in [0.717, 1.165) is 12.1 Å². The lowest BCUT2D eigenvalue weighted by molar-refractivity contribution is -0.0588. The van der Waals surface area contributed by atoms with Gasteiger partial charge in [-0.25, -0.2) is 8.78 Å². The molecule has 0 radical (unpaired) electrons. The SMILES string of the molecule is C[C@@H]1CN(C(=O)c2c(F)cccc2F)C[C@H](C)O1. The average Bonchev–Trinajstić information content (AvgIpc) is 2.27. The molecule has 3 nitrogen and oxygen atoms in total. The molecule has 1 fully saturated rings. The van der Waals surface area contributed by atoms with Crippen molar-refractivity contribution < 1.29 is 18.3 Å². The third kappa shape index (κ3) is 2.51. The number of halogens is 2. The van der Waals surface area contributed by atoms with E-state index in [1.54, 1.807) is 0 Å². The summed E-state index contributed by atoms with van der Waals surface area (Å²) in [5, 5.41) is 0. The number of amides is 1. The number of carbonyl (C=O) groups is 1. The predicted molar refractivity (Wildman–Crippen MR) is 62.3 cm³/mol. The van der Waals surface area contributed by atoms with Crippen LogP contribution in [0.5, 0.6) is 0 Å². The highest BCUT2D eigenvalue weighted by Gasteiger charge is 2.29. The van der Waals surface area contributed by atoms with Crippen LogP contribution in [-0.4, -0.2) is 36.1 Å². The van der Waals surface area contributed by atoms with Crippen molar-refractivity contribution in [3.05, 3.63) is 35.4 Å². The molecule has 0 saturated carbocycles. The number of ether oxygens (including phenoxy) is 1. The zero-order chi connectivity index (χ0) is 13.3. The maximum absolute atomic E-state index is 13.5. The van der Waals surface area contributed by atoms with Gasteiger partial charge in [-0.3, -0.25) is 4.79 Å². The molecule has 1 aliphatic rings. The average molecular weight is 255 g/mol. The van der Waals surface area contributed by atoms with Gasteiger partial charge in [0.1, 0.15) is 17.2 Å². The summed E-state index contributed by atoms with van der Waals surface area (Å²) >= 11 is 0. The fourth-order valence-electron chi connectivity index (χ4n) is 2.20. The molecule has 0 N–H and O–H groups in total. The van der Waals surface area contributed by atoms with Crippen molar-refractivity contribution in [1.82, 2.24) is 4.90 Å². The number of hydrogen-bond donors (Lipinski definition) is 0. The predicted octanol–water partition coefficient (Wildman–Crippen LogP) is 2.21. The third-order valence-corrected chi connectivity index (χ3v) is 2.88. The molecule has 2 atom stereocenters. The number of benzene rings is 1. The number of nitrogens with zero attached hydrogens (tertiary/aromatic N) is 1. The first-order valence-corrected chi connectivity index (χ1v) is 5.87. The zero-order valence-corrected chi connectivity index (χ0v) is 10.3. The van der Waals surface area contributed by atoms with Gasteiger partial charge in [0.25, 0.3) is 5.91 Å². The minimum atomic E-state index is -0.827. The fraction of sp³-hybridized carbons (Fsp3) is 0.462. The van der Waals surface area contributed by atoms with E-state index in [9.17, 15) is 13.6 Å². The lowest BCUT2D eigenvalue weighted by atomic mass is 10.1. The minimum absolute atomic E-state index is 0.132. The first kappa shape index (κ1) is 13.0. The van der Waals surface area contributed by atoms with Crippen molar-refractivity contribution in [2.45, 2.75) is 26.1 Å². The van der Waals surface area contributed by atoms with Gasteiger partial charge in [-0.05, 0) is 26.0 Å². The monoisotopic (exact) mass is 255 g/mol. The Kier molecular flexibility index (Phi) is 3.61. The molecule has 5 heteroatoms. The summed E-state index contributed by atoms with van der Waals surface area (Å²) < 4.78 is 32.5.